The standard InChI is InChI=1S/C32H28N6O4S6/c1-7-37-25(39)23(47-29(37)43)35-27-33-21-19(45-27)15-9-13-12-18-16(10-14(13)11-17(15)41-31(21,3)4)20-22(32(5,6)42-18)34-28(46-20)36-24-26(40)38(8-2)30(44)48-24/h9-14H,7-8H2,1-6H3. The maximum absolute atomic E-state index is 12.8. The number of hydrogen-bond acceptors (Lipinski definition) is 14. The fraction of sp³-hybridized carbons (Fsp3) is 0.375. The summed E-state index contributed by atoms with van der Waals surface area (Å²) in [5.41, 5.74) is 2.09. The molecule has 4 aliphatic heterocycles. The Bertz CT molecular complexity index is 1940. The number of carbonyl (C=O) groups excluding carboxylic acids is 2. The average molecular weight is 753 g/mol. The van der Waals surface area contributed by atoms with E-state index < -0.39 is 11.2 Å². The van der Waals surface area contributed by atoms with Gasteiger partial charge in [-0.2, -0.15) is 0 Å². The van der Waals surface area contributed by atoms with Crippen LogP contribution in [0.15, 0.2) is 45.8 Å². The van der Waals surface area contributed by atoms with Gasteiger partial charge in [0.25, 0.3) is 11.8 Å². The highest BCUT2D eigenvalue weighted by atomic mass is 32.2. The minimum absolute atomic E-state index is 0.0120. The van der Waals surface area contributed by atoms with Crippen molar-refractivity contribution >= 4 is 123 Å². The quantitative estimate of drug-likeness (QED) is 0.293. The molecule has 0 bridgehead atoms. The third kappa shape index (κ3) is 5.01. The van der Waals surface area contributed by atoms with Crippen molar-refractivity contribution in [1.29, 1.82) is 0 Å². The number of amides is 2. The molecular weight excluding hydrogens is 725 g/mol. The van der Waals surface area contributed by atoms with Crippen LogP contribution in [0.3, 0.4) is 0 Å². The second-order valence-electron chi connectivity index (χ2n) is 12.6. The summed E-state index contributed by atoms with van der Waals surface area (Å²) >= 11 is 16.1. The normalized spacial score (nSPS) is 26.6. The lowest BCUT2D eigenvalue weighted by molar-refractivity contribution is -0.120. The molecule has 0 aromatic carbocycles. The summed E-state index contributed by atoms with van der Waals surface area (Å²) < 4.78 is 14.2. The van der Waals surface area contributed by atoms with E-state index in [1.807, 2.05) is 41.5 Å². The Morgan fingerprint density at radius 3 is 1.48 bits per heavy atom. The number of aliphatic imine (C=N–C) groups is 2. The van der Waals surface area contributed by atoms with E-state index in [0.29, 0.717) is 42.1 Å². The Morgan fingerprint density at radius 1 is 0.729 bits per heavy atom. The van der Waals surface area contributed by atoms with E-state index in [1.54, 1.807) is 9.80 Å². The van der Waals surface area contributed by atoms with E-state index in [-0.39, 0.29) is 23.7 Å². The van der Waals surface area contributed by atoms with Gasteiger partial charge in [-0.3, -0.25) is 19.4 Å². The van der Waals surface area contributed by atoms with Crippen LogP contribution in [0.2, 0.25) is 0 Å². The van der Waals surface area contributed by atoms with Gasteiger partial charge in [-0.25, -0.2) is 20.0 Å². The van der Waals surface area contributed by atoms with Crippen molar-refractivity contribution in [3.8, 4) is 0 Å². The first kappa shape index (κ1) is 32.2. The zero-order chi connectivity index (χ0) is 33.9. The minimum Gasteiger partial charge on any atom is -0.481 e. The predicted octanol–water partition coefficient (Wildman–Crippen LogP) is 7.45. The number of ether oxygens (including phenoxy) is 2. The summed E-state index contributed by atoms with van der Waals surface area (Å²) in [6.45, 7) is 12.8. The molecule has 2 unspecified atom stereocenters. The molecule has 2 amide bonds. The summed E-state index contributed by atoms with van der Waals surface area (Å²) in [6.07, 6.45) is 8.77. The first-order chi connectivity index (χ1) is 22.8. The fourth-order valence-corrected chi connectivity index (χ4v) is 11.2. The summed E-state index contributed by atoms with van der Waals surface area (Å²) in [5, 5.41) is 1.67. The van der Waals surface area contributed by atoms with Gasteiger partial charge in [-0.05, 0) is 77.2 Å². The molecule has 16 heteroatoms. The molecule has 10 nitrogen and oxygen atoms in total. The van der Waals surface area contributed by atoms with Crippen LogP contribution in [0, 0.1) is 11.8 Å². The predicted molar refractivity (Wildman–Crippen MR) is 201 cm³/mol. The van der Waals surface area contributed by atoms with E-state index in [2.05, 4.69) is 34.3 Å². The molecule has 2 fully saturated rings. The molecule has 2 aromatic rings. The number of thiocarbonyl (C=S) groups is 2. The number of rotatable bonds is 4. The first-order valence-corrected chi connectivity index (χ1v) is 19.4. The van der Waals surface area contributed by atoms with Crippen molar-refractivity contribution in [1.82, 2.24) is 19.8 Å². The van der Waals surface area contributed by atoms with Crippen LogP contribution in [-0.4, -0.2) is 63.4 Å². The second-order valence-corrected chi connectivity index (χ2v) is 17.8. The Morgan fingerprint density at radius 2 is 1.12 bits per heavy atom. The van der Waals surface area contributed by atoms with Gasteiger partial charge in [0.05, 0.1) is 9.75 Å². The summed E-state index contributed by atoms with van der Waals surface area (Å²) in [7, 11) is 0. The third-order valence-electron chi connectivity index (χ3n) is 8.66. The molecule has 0 N–H and O–H groups in total. The van der Waals surface area contributed by atoms with Gasteiger partial charge in [0.1, 0.15) is 42.7 Å². The lowest BCUT2D eigenvalue weighted by Gasteiger charge is -2.39. The number of nitrogens with zero attached hydrogens (tertiary/aromatic N) is 6. The summed E-state index contributed by atoms with van der Waals surface area (Å²) in [5.74, 6) is 1.22. The zero-order valence-electron chi connectivity index (χ0n) is 26.6. The van der Waals surface area contributed by atoms with Gasteiger partial charge in [0.15, 0.2) is 10.1 Å². The molecule has 6 aliphatic rings. The highest BCUT2D eigenvalue weighted by Gasteiger charge is 2.45. The van der Waals surface area contributed by atoms with Gasteiger partial charge in [-0.15, -0.1) is 0 Å². The molecule has 0 saturated carbocycles. The van der Waals surface area contributed by atoms with Crippen molar-refractivity contribution in [2.75, 3.05) is 13.1 Å². The third-order valence-corrected chi connectivity index (χ3v) is 13.3. The lowest BCUT2D eigenvalue weighted by atomic mass is 9.77. The molecule has 2 saturated heterocycles. The summed E-state index contributed by atoms with van der Waals surface area (Å²) in [4.78, 5) is 49.7. The maximum atomic E-state index is 12.8. The van der Waals surface area contributed by atoms with Crippen molar-refractivity contribution in [3.05, 3.63) is 57.0 Å². The second kappa shape index (κ2) is 11.3. The molecular formula is C32H28N6O4S6. The van der Waals surface area contributed by atoms with Crippen LogP contribution in [0.1, 0.15) is 62.7 Å². The Kier molecular flexibility index (Phi) is 7.55. The van der Waals surface area contributed by atoms with E-state index >= 15 is 0 Å². The molecule has 2 aliphatic carbocycles. The largest absolute Gasteiger partial charge is 0.481 e. The molecule has 8 rings (SSSR count). The van der Waals surface area contributed by atoms with Crippen LogP contribution in [0.5, 0.6) is 0 Å². The van der Waals surface area contributed by atoms with Crippen LogP contribution in [0.4, 0.5) is 10.3 Å². The number of aromatic nitrogens is 2. The monoisotopic (exact) mass is 752 g/mol. The highest BCUT2D eigenvalue weighted by molar-refractivity contribution is 8.35. The van der Waals surface area contributed by atoms with E-state index in [1.165, 1.54) is 46.2 Å². The number of thiazole rings is 2. The van der Waals surface area contributed by atoms with E-state index in [0.717, 1.165) is 43.8 Å². The smallest absolute Gasteiger partial charge is 0.285 e. The Hall–Kier alpha value is -3.02. The first-order valence-electron chi connectivity index (χ1n) is 15.3. The van der Waals surface area contributed by atoms with Crippen molar-refractivity contribution in [2.45, 2.75) is 52.7 Å². The molecule has 6 heterocycles. The van der Waals surface area contributed by atoms with Crippen molar-refractivity contribution in [3.63, 3.8) is 0 Å². The summed E-state index contributed by atoms with van der Waals surface area (Å²) in [6, 6.07) is 0. The van der Waals surface area contributed by atoms with Gasteiger partial charge in [0, 0.05) is 36.1 Å². The van der Waals surface area contributed by atoms with E-state index in [4.69, 9.17) is 43.9 Å². The molecule has 246 valence electrons. The Balaban J connectivity index is 1.14. The van der Waals surface area contributed by atoms with E-state index in [9.17, 15) is 9.59 Å². The molecule has 48 heavy (non-hydrogen) atoms. The number of allylic oxidation sites excluding steroid dienone is 6. The van der Waals surface area contributed by atoms with Gasteiger partial charge >= 0.3 is 0 Å². The van der Waals surface area contributed by atoms with Gasteiger partial charge in [-0.1, -0.05) is 59.3 Å². The topological polar surface area (TPSA) is 110 Å². The van der Waals surface area contributed by atoms with Crippen molar-refractivity contribution < 1.29 is 19.1 Å². The average Bonchev–Trinajstić information content (AvgIpc) is 3.77. The number of thioether (sulfide) groups is 2. The molecule has 0 spiro atoms. The number of fused-ring (bicyclic) bond motifs is 7. The molecule has 2 atom stereocenters. The minimum atomic E-state index is -0.705. The van der Waals surface area contributed by atoms with Gasteiger partial charge < -0.3 is 9.47 Å². The van der Waals surface area contributed by atoms with Crippen LogP contribution in [0.25, 0.3) is 11.1 Å². The highest BCUT2D eigenvalue weighted by Crippen LogP contribution is 2.54. The van der Waals surface area contributed by atoms with Crippen LogP contribution in [-0.2, 0) is 30.3 Å². The SMILES string of the molecule is CCN1C(=O)C(=Nc2nc3c(s2)C2=CC4C=C5OC(C)(C)c6nc(N=C7SC(=S)N(CC)C7=O)sc6C5=CC4C=C2OC3(C)C)SC1=S. The molecule has 0 radical (unpaired) electrons. The fourth-order valence-electron chi connectivity index (χ4n) is 6.33. The number of hydrogen-bond donors (Lipinski definition) is 0. The maximum Gasteiger partial charge on any atom is 0.285 e. The van der Waals surface area contributed by atoms with Crippen molar-refractivity contribution in [2.24, 2.45) is 21.8 Å². The number of carbonyl (C=O) groups is 2. The Labute approximate surface area is 304 Å². The zero-order valence-corrected chi connectivity index (χ0v) is 31.5. The molecule has 2 aromatic heterocycles. The van der Waals surface area contributed by atoms with Gasteiger partial charge in [0.2, 0.25) is 10.3 Å². The van der Waals surface area contributed by atoms with Crippen LogP contribution < -0.4 is 0 Å². The van der Waals surface area contributed by atoms with Crippen LogP contribution >= 0.6 is 70.6 Å². The lowest BCUT2D eigenvalue weighted by Crippen LogP contribution is -2.32.